The molecule has 0 saturated carbocycles. The van der Waals surface area contributed by atoms with E-state index < -0.39 is 5.83 Å². The lowest BCUT2D eigenvalue weighted by molar-refractivity contribution is 0.381. The van der Waals surface area contributed by atoms with Crippen molar-refractivity contribution in [2.75, 3.05) is 0 Å². The molecule has 0 bridgehead atoms. The first-order valence-corrected chi connectivity index (χ1v) is 2.56. The molecule has 1 aliphatic rings. The fourth-order valence-electron chi connectivity index (χ4n) is 0.632. The first-order valence-electron chi connectivity index (χ1n) is 2.56. The minimum Gasteiger partial charge on any atom is -0.505 e. The first-order chi connectivity index (χ1) is 3.80. The Kier molecular flexibility index (Phi) is 1.33. The number of aliphatic hydroxyl groups is 1. The molecule has 2 heteroatoms. The molecule has 0 amide bonds. The molecule has 0 unspecified atom stereocenters. The third-order valence-corrected chi connectivity index (χ3v) is 1.07. The van der Waals surface area contributed by atoms with E-state index in [1.807, 2.05) is 0 Å². The van der Waals surface area contributed by atoms with Crippen LogP contribution >= 0.6 is 0 Å². The molecule has 0 spiro atoms. The van der Waals surface area contributed by atoms with E-state index in [0.717, 1.165) is 6.42 Å². The fourth-order valence-corrected chi connectivity index (χ4v) is 0.632. The van der Waals surface area contributed by atoms with Crippen molar-refractivity contribution in [3.63, 3.8) is 0 Å². The summed E-state index contributed by atoms with van der Waals surface area (Å²) < 4.78 is 12.1. The maximum atomic E-state index is 12.1. The lowest BCUT2D eigenvalue weighted by atomic mass is 10.2. The molecule has 0 fully saturated rings. The highest BCUT2D eigenvalue weighted by atomic mass is 19.1. The molecule has 8 heavy (non-hydrogen) atoms. The summed E-state index contributed by atoms with van der Waals surface area (Å²) in [7, 11) is 0. The fraction of sp³-hybridized carbons (Fsp3) is 0.333. The SMILES string of the molecule is OC1=CCCC=C1F. The lowest BCUT2D eigenvalue weighted by Crippen LogP contribution is -1.87. The standard InChI is InChI=1S/C6H7FO/c7-5-3-1-2-4-6(5)8/h3-4,8H,1-2H2. The molecule has 0 radical (unpaired) electrons. The molecule has 0 aromatic carbocycles. The van der Waals surface area contributed by atoms with E-state index in [4.69, 9.17) is 5.11 Å². The summed E-state index contributed by atoms with van der Waals surface area (Å²) in [5, 5.41) is 8.60. The van der Waals surface area contributed by atoms with E-state index in [-0.39, 0.29) is 5.76 Å². The van der Waals surface area contributed by atoms with Gasteiger partial charge in [-0.1, -0.05) is 0 Å². The highest BCUT2D eigenvalue weighted by Gasteiger charge is 2.03. The van der Waals surface area contributed by atoms with E-state index in [1.54, 1.807) is 0 Å². The first kappa shape index (κ1) is 5.35. The minimum absolute atomic E-state index is 0.212. The van der Waals surface area contributed by atoms with Crippen LogP contribution in [0.4, 0.5) is 4.39 Å². The molecule has 0 aromatic rings. The predicted octanol–water partition coefficient (Wildman–Crippen LogP) is 2.08. The second-order valence-electron chi connectivity index (χ2n) is 1.72. The summed E-state index contributed by atoms with van der Waals surface area (Å²) in [6, 6.07) is 0. The van der Waals surface area contributed by atoms with Crippen molar-refractivity contribution in [2.45, 2.75) is 12.8 Å². The molecule has 0 aliphatic heterocycles. The minimum atomic E-state index is -0.490. The summed E-state index contributed by atoms with van der Waals surface area (Å²) in [6.45, 7) is 0. The third-order valence-electron chi connectivity index (χ3n) is 1.07. The molecule has 0 saturated heterocycles. The van der Waals surface area contributed by atoms with Crippen LogP contribution < -0.4 is 0 Å². The molecular formula is C6H7FO. The van der Waals surface area contributed by atoms with Crippen LogP contribution in [0.5, 0.6) is 0 Å². The molecule has 1 N–H and O–H groups in total. The van der Waals surface area contributed by atoms with E-state index >= 15 is 0 Å². The molecule has 44 valence electrons. The van der Waals surface area contributed by atoms with Crippen molar-refractivity contribution in [3.8, 4) is 0 Å². The van der Waals surface area contributed by atoms with Crippen molar-refractivity contribution in [1.82, 2.24) is 0 Å². The summed E-state index contributed by atoms with van der Waals surface area (Å²) in [6.07, 6.45) is 4.32. The average molecular weight is 114 g/mol. The maximum Gasteiger partial charge on any atom is 0.160 e. The van der Waals surface area contributed by atoms with Crippen molar-refractivity contribution < 1.29 is 9.50 Å². The van der Waals surface area contributed by atoms with Gasteiger partial charge in [0.05, 0.1) is 0 Å². The normalized spacial score (nSPS) is 19.6. The van der Waals surface area contributed by atoms with E-state index in [0.29, 0.717) is 6.42 Å². The van der Waals surface area contributed by atoms with Gasteiger partial charge in [-0.2, -0.15) is 0 Å². The predicted molar refractivity (Wildman–Crippen MR) is 29.1 cm³/mol. The van der Waals surface area contributed by atoms with Gasteiger partial charge in [0.25, 0.3) is 0 Å². The van der Waals surface area contributed by atoms with Crippen LogP contribution in [0, 0.1) is 0 Å². The summed E-state index contributed by atoms with van der Waals surface area (Å²) >= 11 is 0. The molecule has 1 rings (SSSR count). The number of halogens is 1. The molecule has 1 aliphatic carbocycles. The number of allylic oxidation sites excluding steroid dienone is 3. The Morgan fingerprint density at radius 3 is 2.38 bits per heavy atom. The smallest absolute Gasteiger partial charge is 0.160 e. The van der Waals surface area contributed by atoms with Gasteiger partial charge in [-0.25, -0.2) is 4.39 Å². The monoisotopic (exact) mass is 114 g/mol. The Morgan fingerprint density at radius 2 is 2.00 bits per heavy atom. The number of hydrogen-bond acceptors (Lipinski definition) is 1. The van der Waals surface area contributed by atoms with Crippen LogP contribution in [0.2, 0.25) is 0 Å². The van der Waals surface area contributed by atoms with E-state index in [1.165, 1.54) is 12.2 Å². The largest absolute Gasteiger partial charge is 0.505 e. The van der Waals surface area contributed by atoms with Gasteiger partial charge in [-0.05, 0) is 25.0 Å². The Bertz CT molecular complexity index is 129. The zero-order chi connectivity index (χ0) is 5.98. The van der Waals surface area contributed by atoms with E-state index in [9.17, 15) is 4.39 Å². The Labute approximate surface area is 47.1 Å². The van der Waals surface area contributed by atoms with Gasteiger partial charge < -0.3 is 5.11 Å². The topological polar surface area (TPSA) is 20.2 Å². The van der Waals surface area contributed by atoms with Crippen molar-refractivity contribution in [3.05, 3.63) is 23.7 Å². The second-order valence-corrected chi connectivity index (χ2v) is 1.72. The van der Waals surface area contributed by atoms with Crippen LogP contribution in [0.1, 0.15) is 12.8 Å². The van der Waals surface area contributed by atoms with E-state index in [2.05, 4.69) is 0 Å². The maximum absolute atomic E-state index is 12.1. The Balaban J connectivity index is 2.73. The van der Waals surface area contributed by atoms with Gasteiger partial charge in [0.1, 0.15) is 5.76 Å². The van der Waals surface area contributed by atoms with Gasteiger partial charge in [0.2, 0.25) is 0 Å². The number of hydrogen-bond donors (Lipinski definition) is 1. The van der Waals surface area contributed by atoms with Gasteiger partial charge in [0, 0.05) is 0 Å². The molecule has 0 heterocycles. The van der Waals surface area contributed by atoms with Crippen molar-refractivity contribution in [2.24, 2.45) is 0 Å². The van der Waals surface area contributed by atoms with Gasteiger partial charge in [-0.3, -0.25) is 0 Å². The Hall–Kier alpha value is -0.790. The highest BCUT2D eigenvalue weighted by molar-refractivity contribution is 5.21. The zero-order valence-corrected chi connectivity index (χ0v) is 4.39. The van der Waals surface area contributed by atoms with Crippen LogP contribution in [0.3, 0.4) is 0 Å². The number of rotatable bonds is 0. The zero-order valence-electron chi connectivity index (χ0n) is 4.39. The molecule has 0 aromatic heterocycles. The molecular weight excluding hydrogens is 107 g/mol. The lowest BCUT2D eigenvalue weighted by Gasteiger charge is -2.00. The summed E-state index contributed by atoms with van der Waals surface area (Å²) in [5.41, 5.74) is 0. The van der Waals surface area contributed by atoms with Gasteiger partial charge >= 0.3 is 0 Å². The van der Waals surface area contributed by atoms with Gasteiger partial charge in [0.15, 0.2) is 5.83 Å². The van der Waals surface area contributed by atoms with Crippen LogP contribution in [0.15, 0.2) is 23.7 Å². The third kappa shape index (κ3) is 0.886. The van der Waals surface area contributed by atoms with Crippen LogP contribution in [-0.2, 0) is 0 Å². The Morgan fingerprint density at radius 1 is 1.38 bits per heavy atom. The van der Waals surface area contributed by atoms with Crippen molar-refractivity contribution in [1.29, 1.82) is 0 Å². The van der Waals surface area contributed by atoms with Crippen LogP contribution in [0.25, 0.3) is 0 Å². The summed E-state index contributed by atoms with van der Waals surface area (Å²) in [5.74, 6) is -0.701. The van der Waals surface area contributed by atoms with Gasteiger partial charge in [-0.15, -0.1) is 0 Å². The average Bonchev–Trinajstić information content (AvgIpc) is 1.77. The highest BCUT2D eigenvalue weighted by Crippen LogP contribution is 2.16. The molecule has 1 nitrogen and oxygen atoms in total. The number of aliphatic hydroxyl groups excluding tert-OH is 1. The quantitative estimate of drug-likeness (QED) is 0.511. The second kappa shape index (κ2) is 1.99. The molecule has 0 atom stereocenters. The van der Waals surface area contributed by atoms with Crippen molar-refractivity contribution >= 4 is 0 Å². The van der Waals surface area contributed by atoms with Crippen LogP contribution in [-0.4, -0.2) is 5.11 Å². The summed E-state index contributed by atoms with van der Waals surface area (Å²) in [4.78, 5) is 0.